The number of hydrogen-bond acceptors (Lipinski definition) is 5. The zero-order valence-corrected chi connectivity index (χ0v) is 25.0. The highest BCUT2D eigenvalue weighted by Gasteiger charge is 2.22. The van der Waals surface area contributed by atoms with Gasteiger partial charge in [0, 0.05) is 52.7 Å². The van der Waals surface area contributed by atoms with E-state index in [2.05, 4.69) is 89.5 Å². The smallest absolute Gasteiger partial charge is 0.238 e. The molecule has 0 fully saturated rings. The molecule has 6 heteroatoms. The first kappa shape index (κ1) is 24.4. The first-order valence-electron chi connectivity index (χ1n) is 15.2. The lowest BCUT2D eigenvalue weighted by Crippen LogP contribution is -2.02. The Balaban J connectivity index is 1.27. The van der Waals surface area contributed by atoms with Crippen LogP contribution in [0, 0.1) is 0 Å². The van der Waals surface area contributed by atoms with Crippen LogP contribution in [0.25, 0.3) is 103 Å². The third-order valence-corrected chi connectivity index (χ3v) is 10.4. The minimum atomic E-state index is 0.561. The van der Waals surface area contributed by atoms with Gasteiger partial charge in [-0.15, -0.1) is 11.3 Å². The summed E-state index contributed by atoms with van der Waals surface area (Å²) in [7, 11) is 0. The Morgan fingerprint density at radius 3 is 2.09 bits per heavy atom. The van der Waals surface area contributed by atoms with Gasteiger partial charge in [-0.2, -0.15) is 4.98 Å². The monoisotopic (exact) mass is 607 g/mol. The van der Waals surface area contributed by atoms with E-state index in [1.807, 2.05) is 53.8 Å². The summed E-state index contributed by atoms with van der Waals surface area (Å²) >= 11 is 1.83. The lowest BCUT2D eigenvalue weighted by Gasteiger charge is -2.10. The van der Waals surface area contributed by atoms with Gasteiger partial charge in [0.15, 0.2) is 0 Å². The van der Waals surface area contributed by atoms with Crippen molar-refractivity contribution in [2.24, 2.45) is 0 Å². The molecule has 0 N–H and O–H groups in total. The molecule has 6 aromatic carbocycles. The zero-order chi connectivity index (χ0) is 29.9. The fraction of sp³-hybridized carbons (Fsp3) is 0. The van der Waals surface area contributed by atoms with E-state index in [4.69, 9.17) is 18.8 Å². The molecule has 0 bridgehead atoms. The fourth-order valence-electron chi connectivity index (χ4n) is 7.20. The Kier molecular flexibility index (Phi) is 4.66. The average Bonchev–Trinajstić information content (AvgIpc) is 3.85. The van der Waals surface area contributed by atoms with Gasteiger partial charge in [-0.1, -0.05) is 72.8 Å². The van der Waals surface area contributed by atoms with Gasteiger partial charge in [-0.05, 0) is 54.6 Å². The SMILES string of the molecule is c1ccc2c(c1)oc1ccc(-c3nc(-n4c5ccccc5c5cc6sc7ccccc7c6cc54)nc4oc5ccccc5c34)cc12. The Morgan fingerprint density at radius 2 is 1.20 bits per heavy atom. The molecule has 0 aliphatic heterocycles. The second-order valence-corrected chi connectivity index (χ2v) is 12.9. The van der Waals surface area contributed by atoms with E-state index in [0.29, 0.717) is 11.7 Å². The van der Waals surface area contributed by atoms with E-state index >= 15 is 0 Å². The van der Waals surface area contributed by atoms with Crippen molar-refractivity contribution in [1.29, 1.82) is 0 Å². The van der Waals surface area contributed by atoms with Crippen LogP contribution in [0.5, 0.6) is 0 Å². The summed E-state index contributed by atoms with van der Waals surface area (Å²) in [5, 5.41) is 8.86. The molecule has 0 amide bonds. The van der Waals surface area contributed by atoms with Crippen LogP contribution in [0.3, 0.4) is 0 Å². The molecule has 5 aromatic heterocycles. The third kappa shape index (κ3) is 3.23. The average molecular weight is 608 g/mol. The third-order valence-electron chi connectivity index (χ3n) is 9.25. The van der Waals surface area contributed by atoms with E-state index in [0.717, 1.165) is 66.0 Å². The maximum absolute atomic E-state index is 6.45. The number of para-hydroxylation sites is 3. The normalized spacial score (nSPS) is 12.3. The number of nitrogens with zero attached hydrogens (tertiary/aromatic N) is 3. The molecule has 214 valence electrons. The first-order chi connectivity index (χ1) is 22.8. The number of benzene rings is 6. The van der Waals surface area contributed by atoms with E-state index in [-0.39, 0.29) is 0 Å². The molecule has 0 atom stereocenters. The molecule has 11 aromatic rings. The summed E-state index contributed by atoms with van der Waals surface area (Å²) in [4.78, 5) is 10.5. The van der Waals surface area contributed by atoms with Gasteiger partial charge < -0.3 is 8.83 Å². The maximum atomic E-state index is 6.45. The summed E-state index contributed by atoms with van der Waals surface area (Å²) in [6, 6.07) is 44.3. The number of thiophene rings is 1. The van der Waals surface area contributed by atoms with E-state index < -0.39 is 0 Å². The molecular formula is C40H21N3O2S. The van der Waals surface area contributed by atoms with Crippen molar-refractivity contribution in [3.05, 3.63) is 127 Å². The van der Waals surface area contributed by atoms with Gasteiger partial charge in [0.2, 0.25) is 11.7 Å². The molecule has 0 spiro atoms. The number of hydrogen-bond donors (Lipinski definition) is 0. The molecule has 0 saturated carbocycles. The molecule has 0 aliphatic rings. The molecule has 11 rings (SSSR count). The van der Waals surface area contributed by atoms with E-state index in [1.54, 1.807) is 0 Å². The van der Waals surface area contributed by atoms with Gasteiger partial charge in [0.25, 0.3) is 0 Å². The number of rotatable bonds is 2. The summed E-state index contributed by atoms with van der Waals surface area (Å²) in [6.45, 7) is 0. The highest BCUT2D eigenvalue weighted by atomic mass is 32.1. The topological polar surface area (TPSA) is 57.0 Å². The van der Waals surface area contributed by atoms with Gasteiger partial charge in [-0.3, -0.25) is 4.57 Å². The van der Waals surface area contributed by atoms with Crippen LogP contribution in [0.2, 0.25) is 0 Å². The second kappa shape index (κ2) is 8.81. The van der Waals surface area contributed by atoms with Crippen molar-refractivity contribution in [3.63, 3.8) is 0 Å². The number of aromatic nitrogens is 3. The Hall–Kier alpha value is -5.98. The van der Waals surface area contributed by atoms with Gasteiger partial charge in [-0.25, -0.2) is 4.98 Å². The largest absolute Gasteiger partial charge is 0.456 e. The van der Waals surface area contributed by atoms with Crippen LogP contribution in [-0.2, 0) is 0 Å². The maximum Gasteiger partial charge on any atom is 0.238 e. The summed E-state index contributed by atoms with van der Waals surface area (Å²) in [5.74, 6) is 0.573. The van der Waals surface area contributed by atoms with Crippen LogP contribution >= 0.6 is 11.3 Å². The number of furan rings is 2. The predicted molar refractivity (Wildman–Crippen MR) is 189 cm³/mol. The van der Waals surface area contributed by atoms with Crippen molar-refractivity contribution in [2.75, 3.05) is 0 Å². The van der Waals surface area contributed by atoms with Crippen molar-refractivity contribution < 1.29 is 8.83 Å². The van der Waals surface area contributed by atoms with Crippen LogP contribution in [-0.4, -0.2) is 14.5 Å². The van der Waals surface area contributed by atoms with Gasteiger partial charge in [0.05, 0.1) is 22.1 Å². The predicted octanol–water partition coefficient (Wildman–Crippen LogP) is 11.4. The fourth-order valence-corrected chi connectivity index (χ4v) is 8.32. The van der Waals surface area contributed by atoms with E-state index in [9.17, 15) is 0 Å². The summed E-state index contributed by atoms with van der Waals surface area (Å²) in [5.41, 5.74) is 6.99. The second-order valence-electron chi connectivity index (χ2n) is 11.8. The van der Waals surface area contributed by atoms with Crippen molar-refractivity contribution >= 4 is 97.3 Å². The lowest BCUT2D eigenvalue weighted by atomic mass is 10.0. The van der Waals surface area contributed by atoms with Gasteiger partial charge in [0.1, 0.15) is 16.7 Å². The molecule has 0 radical (unpaired) electrons. The van der Waals surface area contributed by atoms with Crippen LogP contribution in [0.1, 0.15) is 0 Å². The molecular weight excluding hydrogens is 587 g/mol. The molecule has 0 aliphatic carbocycles. The minimum absolute atomic E-state index is 0.561. The highest BCUT2D eigenvalue weighted by molar-refractivity contribution is 7.25. The Morgan fingerprint density at radius 1 is 0.478 bits per heavy atom. The van der Waals surface area contributed by atoms with Crippen LogP contribution in [0.4, 0.5) is 0 Å². The molecule has 5 nitrogen and oxygen atoms in total. The van der Waals surface area contributed by atoms with E-state index in [1.165, 1.54) is 25.6 Å². The highest BCUT2D eigenvalue weighted by Crippen LogP contribution is 2.42. The Labute approximate surface area is 264 Å². The van der Waals surface area contributed by atoms with Crippen molar-refractivity contribution in [3.8, 4) is 17.2 Å². The van der Waals surface area contributed by atoms with Crippen LogP contribution in [0.15, 0.2) is 136 Å². The van der Waals surface area contributed by atoms with Gasteiger partial charge >= 0.3 is 0 Å². The first-order valence-corrected chi connectivity index (χ1v) is 16.1. The van der Waals surface area contributed by atoms with Crippen molar-refractivity contribution in [2.45, 2.75) is 0 Å². The molecule has 5 heterocycles. The van der Waals surface area contributed by atoms with Crippen molar-refractivity contribution in [1.82, 2.24) is 14.5 Å². The Bertz CT molecular complexity index is 3050. The zero-order valence-electron chi connectivity index (χ0n) is 24.2. The summed E-state index contributed by atoms with van der Waals surface area (Å²) < 4.78 is 17.4. The van der Waals surface area contributed by atoms with Crippen LogP contribution < -0.4 is 0 Å². The molecule has 46 heavy (non-hydrogen) atoms. The molecule has 0 unspecified atom stereocenters. The number of fused-ring (bicyclic) bond motifs is 12. The molecule has 0 saturated heterocycles. The minimum Gasteiger partial charge on any atom is -0.456 e. The quantitative estimate of drug-likeness (QED) is 0.196. The lowest BCUT2D eigenvalue weighted by molar-refractivity contribution is 0.651. The summed E-state index contributed by atoms with van der Waals surface area (Å²) in [6.07, 6.45) is 0. The standard InChI is InChI=1S/C40H21N3O2S/c1-5-13-30-23(9-1)27-21-36-29(25-11-4-8-16-35(25)46-36)20-31(27)43(30)40-41-38(37-26-12-3-7-15-33(26)45-39(37)42-40)22-17-18-34-28(19-22)24-10-2-6-14-32(24)44-34/h1-21H.